The minimum atomic E-state index is -0.603. The van der Waals surface area contributed by atoms with Crippen LogP contribution in [0.1, 0.15) is 62.2 Å². The highest BCUT2D eigenvalue weighted by molar-refractivity contribution is 5.90. The van der Waals surface area contributed by atoms with Crippen LogP contribution in [0.4, 0.5) is 0 Å². The third kappa shape index (κ3) is 4.53. The van der Waals surface area contributed by atoms with Gasteiger partial charge < -0.3 is 19.5 Å². The minimum absolute atomic E-state index is 0.0349. The largest absolute Gasteiger partial charge is 0.497 e. The number of nitrogens with one attached hydrogen (secondary N) is 1. The van der Waals surface area contributed by atoms with Crippen LogP contribution in [0.25, 0.3) is 0 Å². The number of benzene rings is 1. The molecule has 0 bridgehead atoms. The molecule has 0 radical (unpaired) electrons. The summed E-state index contributed by atoms with van der Waals surface area (Å²) in [4.78, 5) is 28.1. The molecule has 2 aliphatic rings. The van der Waals surface area contributed by atoms with E-state index in [1.807, 2.05) is 47.2 Å². The number of fused-ring (bicyclic) bond motifs is 1. The number of carbonyl (C=O) groups is 2. The van der Waals surface area contributed by atoms with Crippen molar-refractivity contribution in [3.63, 3.8) is 0 Å². The third-order valence-corrected chi connectivity index (χ3v) is 6.29. The third-order valence-electron chi connectivity index (χ3n) is 6.29. The molecule has 2 heterocycles. The Morgan fingerprint density at radius 3 is 2.47 bits per heavy atom. The molecule has 6 nitrogen and oxygen atoms in total. The zero-order chi connectivity index (χ0) is 20.9. The number of rotatable bonds is 5. The van der Waals surface area contributed by atoms with Crippen molar-refractivity contribution in [2.75, 3.05) is 7.11 Å². The van der Waals surface area contributed by atoms with E-state index in [9.17, 15) is 9.59 Å². The summed E-state index contributed by atoms with van der Waals surface area (Å²) in [6.07, 6.45) is 10.00. The van der Waals surface area contributed by atoms with E-state index in [-0.39, 0.29) is 24.4 Å². The zero-order valence-electron chi connectivity index (χ0n) is 17.7. The second kappa shape index (κ2) is 9.37. The summed E-state index contributed by atoms with van der Waals surface area (Å²) in [5.41, 5.74) is 1.86. The molecule has 1 aliphatic heterocycles. The number of hydrogen-bond donors (Lipinski definition) is 1. The molecule has 0 spiro atoms. The molecule has 1 aromatic heterocycles. The van der Waals surface area contributed by atoms with Crippen LogP contribution in [0.2, 0.25) is 0 Å². The van der Waals surface area contributed by atoms with E-state index in [0.29, 0.717) is 6.54 Å². The van der Waals surface area contributed by atoms with Crippen molar-refractivity contribution in [1.29, 1.82) is 0 Å². The minimum Gasteiger partial charge on any atom is -0.497 e. The molecular weight excluding hydrogens is 378 g/mol. The maximum Gasteiger partial charge on any atom is 0.249 e. The van der Waals surface area contributed by atoms with Gasteiger partial charge in [0, 0.05) is 18.8 Å². The van der Waals surface area contributed by atoms with E-state index in [0.717, 1.165) is 42.7 Å². The maximum absolute atomic E-state index is 13.4. The Bertz CT molecular complexity index is 866. The number of methoxy groups -OCH3 is 1. The molecule has 160 valence electrons. The molecule has 6 heteroatoms. The van der Waals surface area contributed by atoms with E-state index in [2.05, 4.69) is 5.32 Å². The van der Waals surface area contributed by atoms with Gasteiger partial charge in [-0.3, -0.25) is 9.59 Å². The molecule has 1 saturated carbocycles. The summed E-state index contributed by atoms with van der Waals surface area (Å²) in [7, 11) is 1.63. The smallest absolute Gasteiger partial charge is 0.249 e. The highest BCUT2D eigenvalue weighted by Crippen LogP contribution is 2.30. The Balaban J connectivity index is 1.55. The lowest BCUT2D eigenvalue weighted by Crippen LogP contribution is -2.50. The molecule has 2 aromatic rings. The Morgan fingerprint density at radius 2 is 1.77 bits per heavy atom. The first kappa shape index (κ1) is 20.5. The Morgan fingerprint density at radius 1 is 1.07 bits per heavy atom. The molecule has 1 aromatic carbocycles. The summed E-state index contributed by atoms with van der Waals surface area (Å²) in [6, 6.07) is 11.1. The van der Waals surface area contributed by atoms with Crippen molar-refractivity contribution >= 4 is 11.8 Å². The van der Waals surface area contributed by atoms with Gasteiger partial charge in [-0.1, -0.05) is 44.2 Å². The molecule has 1 aliphatic carbocycles. The summed E-state index contributed by atoms with van der Waals surface area (Å²) in [5.74, 6) is 0.672. The monoisotopic (exact) mass is 409 g/mol. The van der Waals surface area contributed by atoms with E-state index < -0.39 is 6.04 Å². The van der Waals surface area contributed by atoms with Crippen LogP contribution in [-0.2, 0) is 22.7 Å². The normalized spacial score (nSPS) is 20.2. The molecule has 2 amide bonds. The molecule has 30 heavy (non-hydrogen) atoms. The van der Waals surface area contributed by atoms with E-state index >= 15 is 0 Å². The Kier molecular flexibility index (Phi) is 6.41. The van der Waals surface area contributed by atoms with Crippen molar-refractivity contribution in [3.05, 3.63) is 53.9 Å². The average Bonchev–Trinajstić information content (AvgIpc) is 3.18. The van der Waals surface area contributed by atoms with Crippen molar-refractivity contribution in [1.82, 2.24) is 14.8 Å². The predicted molar refractivity (Wildman–Crippen MR) is 115 cm³/mol. The lowest BCUT2D eigenvalue weighted by atomic mass is 9.96. The van der Waals surface area contributed by atoms with Gasteiger partial charge in [-0.15, -0.1) is 0 Å². The molecular formula is C24H31N3O3. The second-order valence-corrected chi connectivity index (χ2v) is 8.38. The number of aromatic nitrogens is 1. The second-order valence-electron chi connectivity index (χ2n) is 8.38. The van der Waals surface area contributed by atoms with Crippen LogP contribution in [-0.4, -0.2) is 34.4 Å². The predicted octanol–water partition coefficient (Wildman–Crippen LogP) is 3.81. The van der Waals surface area contributed by atoms with Gasteiger partial charge in [0.25, 0.3) is 0 Å². The van der Waals surface area contributed by atoms with E-state index in [1.165, 1.54) is 19.3 Å². The number of ether oxygens (including phenoxy) is 1. The fourth-order valence-corrected chi connectivity index (χ4v) is 4.62. The van der Waals surface area contributed by atoms with Crippen LogP contribution in [0.15, 0.2) is 42.6 Å². The van der Waals surface area contributed by atoms with Crippen LogP contribution in [0.5, 0.6) is 5.75 Å². The van der Waals surface area contributed by atoms with Crippen molar-refractivity contribution in [2.45, 2.75) is 70.1 Å². The van der Waals surface area contributed by atoms with E-state index in [1.54, 1.807) is 12.0 Å². The van der Waals surface area contributed by atoms with Crippen molar-refractivity contribution in [2.24, 2.45) is 0 Å². The molecule has 1 N–H and O–H groups in total. The first-order valence-corrected chi connectivity index (χ1v) is 11.0. The highest BCUT2D eigenvalue weighted by atomic mass is 16.5. The van der Waals surface area contributed by atoms with Crippen molar-refractivity contribution < 1.29 is 14.3 Å². The summed E-state index contributed by atoms with van der Waals surface area (Å²) < 4.78 is 7.13. The molecule has 1 unspecified atom stereocenters. The summed E-state index contributed by atoms with van der Waals surface area (Å²) in [5, 5.41) is 3.28. The van der Waals surface area contributed by atoms with Gasteiger partial charge in [0.1, 0.15) is 12.3 Å². The SMILES string of the molecule is COc1ccc(CN2C(=O)Cn3cccc3C2C(=O)NC2CCCCCCC2)cc1. The van der Waals surface area contributed by atoms with Gasteiger partial charge in [0.05, 0.1) is 12.8 Å². The fraction of sp³-hybridized carbons (Fsp3) is 0.500. The van der Waals surface area contributed by atoms with Crippen LogP contribution in [0.3, 0.4) is 0 Å². The van der Waals surface area contributed by atoms with Gasteiger partial charge in [0.2, 0.25) is 11.8 Å². The first-order chi connectivity index (χ1) is 14.7. The zero-order valence-corrected chi connectivity index (χ0v) is 17.7. The summed E-state index contributed by atoms with van der Waals surface area (Å²) in [6.45, 7) is 0.669. The van der Waals surface area contributed by atoms with Gasteiger partial charge in [0.15, 0.2) is 6.04 Å². The lowest BCUT2D eigenvalue weighted by Gasteiger charge is -2.37. The topological polar surface area (TPSA) is 63.6 Å². The fourth-order valence-electron chi connectivity index (χ4n) is 4.62. The van der Waals surface area contributed by atoms with Gasteiger partial charge >= 0.3 is 0 Å². The summed E-state index contributed by atoms with van der Waals surface area (Å²) >= 11 is 0. The Hall–Kier alpha value is -2.76. The number of hydrogen-bond acceptors (Lipinski definition) is 3. The molecule has 0 saturated heterocycles. The molecule has 1 fully saturated rings. The molecule has 4 rings (SSSR count). The first-order valence-electron chi connectivity index (χ1n) is 11.0. The average molecular weight is 410 g/mol. The lowest BCUT2D eigenvalue weighted by molar-refractivity contribution is -0.144. The maximum atomic E-state index is 13.4. The number of amides is 2. The quantitative estimate of drug-likeness (QED) is 0.817. The van der Waals surface area contributed by atoms with Gasteiger partial charge in [-0.2, -0.15) is 0 Å². The van der Waals surface area contributed by atoms with Crippen LogP contribution < -0.4 is 10.1 Å². The van der Waals surface area contributed by atoms with Crippen LogP contribution in [0, 0.1) is 0 Å². The van der Waals surface area contributed by atoms with Crippen LogP contribution >= 0.6 is 0 Å². The highest BCUT2D eigenvalue weighted by Gasteiger charge is 2.38. The van der Waals surface area contributed by atoms with Gasteiger partial charge in [-0.05, 0) is 42.7 Å². The number of nitrogens with zero attached hydrogens (tertiary/aromatic N) is 2. The standard InChI is InChI=1S/C24H31N3O3/c1-30-20-13-11-18(12-14-20)16-27-22(28)17-26-15-7-10-21(26)23(27)24(29)25-19-8-5-3-2-4-6-9-19/h7,10-15,19,23H,2-6,8-9,16-17H2,1H3,(H,25,29). The van der Waals surface area contributed by atoms with Crippen molar-refractivity contribution in [3.8, 4) is 5.75 Å². The molecule has 1 atom stereocenters. The van der Waals surface area contributed by atoms with E-state index in [4.69, 9.17) is 4.74 Å². The number of carbonyl (C=O) groups excluding carboxylic acids is 2. The Labute approximate surface area is 178 Å². The van der Waals surface area contributed by atoms with Gasteiger partial charge in [-0.25, -0.2) is 0 Å².